The molecule has 0 saturated carbocycles. The molecule has 0 heterocycles. The fourth-order valence-electron chi connectivity index (χ4n) is 1.92. The first-order valence-corrected chi connectivity index (χ1v) is 9.37. The number of rotatable bonds is 5. The molecule has 2 aromatic carbocycles. The Morgan fingerprint density at radius 1 is 1.08 bits per heavy atom. The lowest BCUT2D eigenvalue weighted by molar-refractivity contribution is 0.415. The predicted molar refractivity (Wildman–Crippen MR) is 108 cm³/mol. The maximum Gasteiger partial charge on any atom is 0.145 e. The van der Waals surface area contributed by atoms with E-state index in [-0.39, 0.29) is 0 Å². The number of allylic oxidation sites excluding steroid dienone is 1. The first kappa shape index (κ1) is 19.4. The van der Waals surface area contributed by atoms with Gasteiger partial charge in [0.1, 0.15) is 16.7 Å². The van der Waals surface area contributed by atoms with Crippen LogP contribution in [0.1, 0.15) is 31.9 Å². The molecule has 0 fully saturated rings. The monoisotopic (exact) mass is 375 g/mol. The summed E-state index contributed by atoms with van der Waals surface area (Å²) < 4.78 is 21.6. The third-order valence-electron chi connectivity index (χ3n) is 3.39. The van der Waals surface area contributed by atoms with Crippen molar-refractivity contribution in [1.82, 2.24) is 0 Å². The van der Waals surface area contributed by atoms with E-state index in [2.05, 4.69) is 4.40 Å². The number of ether oxygens (including phenoxy) is 1. The normalized spacial score (nSPS) is 13.9. The largest absolute Gasteiger partial charge is 0.497 e. The first-order valence-electron chi connectivity index (χ1n) is 7.88. The summed E-state index contributed by atoms with van der Waals surface area (Å²) in [4.78, 5) is 0. The summed E-state index contributed by atoms with van der Waals surface area (Å²) in [6.45, 7) is 5.71. The second-order valence-electron chi connectivity index (χ2n) is 6.45. The Kier molecular flexibility index (Phi) is 6.57. The maximum atomic E-state index is 12.5. The molecule has 25 heavy (non-hydrogen) atoms. The topological polar surface area (TPSA) is 38.7 Å². The van der Waals surface area contributed by atoms with Gasteiger partial charge >= 0.3 is 0 Å². The average molecular weight is 376 g/mol. The summed E-state index contributed by atoms with van der Waals surface area (Å²) in [7, 11) is 0.284. The SMILES string of the molecule is COc1ccc(/C=C/C(=N/[S@@](=O)C(C)(C)C)c2ccc(Cl)cc2)cc1. The van der Waals surface area contributed by atoms with Gasteiger partial charge in [0.25, 0.3) is 0 Å². The molecule has 0 N–H and O–H groups in total. The summed E-state index contributed by atoms with van der Waals surface area (Å²) in [5.74, 6) is 0.803. The Morgan fingerprint density at radius 3 is 2.20 bits per heavy atom. The van der Waals surface area contributed by atoms with Crippen molar-refractivity contribution in [2.45, 2.75) is 25.5 Å². The highest BCUT2D eigenvalue weighted by Crippen LogP contribution is 2.18. The minimum Gasteiger partial charge on any atom is -0.497 e. The van der Waals surface area contributed by atoms with Crippen molar-refractivity contribution >= 4 is 34.4 Å². The zero-order valence-corrected chi connectivity index (χ0v) is 16.4. The molecule has 0 unspecified atom stereocenters. The van der Waals surface area contributed by atoms with Gasteiger partial charge in [-0.15, -0.1) is 0 Å². The van der Waals surface area contributed by atoms with E-state index in [4.69, 9.17) is 16.3 Å². The Labute approximate surface area is 157 Å². The lowest BCUT2D eigenvalue weighted by atomic mass is 10.1. The summed E-state index contributed by atoms with van der Waals surface area (Å²) in [6, 6.07) is 15.0. The van der Waals surface area contributed by atoms with E-state index in [1.54, 1.807) is 19.2 Å². The van der Waals surface area contributed by atoms with E-state index in [0.29, 0.717) is 10.7 Å². The van der Waals surface area contributed by atoms with E-state index < -0.39 is 15.7 Å². The summed E-state index contributed by atoms with van der Waals surface area (Å²) in [6.07, 6.45) is 3.81. The minimum absolute atomic E-state index is 0.425. The van der Waals surface area contributed by atoms with Crippen LogP contribution < -0.4 is 4.74 Å². The van der Waals surface area contributed by atoms with E-state index in [9.17, 15) is 4.21 Å². The summed E-state index contributed by atoms with van der Waals surface area (Å²) in [5, 5.41) is 0.652. The molecule has 0 spiro atoms. The second-order valence-corrected chi connectivity index (χ2v) is 8.79. The molecule has 0 bridgehead atoms. The van der Waals surface area contributed by atoms with Crippen molar-refractivity contribution < 1.29 is 8.95 Å². The molecule has 2 aromatic rings. The Bertz CT molecular complexity index is 788. The molecule has 0 aliphatic rings. The molecular formula is C20H22ClNO2S. The highest BCUT2D eigenvalue weighted by molar-refractivity contribution is 7.85. The van der Waals surface area contributed by atoms with Gasteiger partial charge in [0, 0.05) is 10.6 Å². The Hall–Kier alpha value is -1.91. The lowest BCUT2D eigenvalue weighted by Gasteiger charge is -2.14. The Balaban J connectivity index is 2.36. The van der Waals surface area contributed by atoms with Crippen molar-refractivity contribution in [2.75, 3.05) is 7.11 Å². The van der Waals surface area contributed by atoms with Gasteiger partial charge in [-0.25, -0.2) is 4.21 Å². The van der Waals surface area contributed by atoms with Crippen molar-refractivity contribution in [3.8, 4) is 5.75 Å². The van der Waals surface area contributed by atoms with Crippen LogP contribution in [-0.2, 0) is 11.0 Å². The molecule has 2 rings (SSSR count). The maximum absolute atomic E-state index is 12.5. The van der Waals surface area contributed by atoms with Crippen LogP contribution in [0.4, 0.5) is 0 Å². The molecule has 132 valence electrons. The van der Waals surface area contributed by atoms with Crippen LogP contribution >= 0.6 is 11.6 Å². The van der Waals surface area contributed by atoms with Gasteiger partial charge in [-0.05, 0) is 56.7 Å². The number of nitrogens with zero attached hydrogens (tertiary/aromatic N) is 1. The molecule has 0 amide bonds. The molecule has 0 saturated heterocycles. The first-order chi connectivity index (χ1) is 11.8. The van der Waals surface area contributed by atoms with Gasteiger partial charge in [0.15, 0.2) is 0 Å². The quantitative estimate of drug-likeness (QED) is 0.664. The number of benzene rings is 2. The number of hydrogen-bond acceptors (Lipinski definition) is 2. The highest BCUT2D eigenvalue weighted by atomic mass is 35.5. The minimum atomic E-state index is -1.35. The number of halogens is 1. The van der Waals surface area contributed by atoms with Gasteiger partial charge in [-0.3, -0.25) is 0 Å². The molecule has 0 aromatic heterocycles. The van der Waals surface area contributed by atoms with E-state index in [1.807, 2.05) is 69.3 Å². The molecule has 0 aliphatic heterocycles. The average Bonchev–Trinajstić information content (AvgIpc) is 2.59. The Morgan fingerprint density at radius 2 is 1.68 bits per heavy atom. The van der Waals surface area contributed by atoms with Crippen LogP contribution in [0.3, 0.4) is 0 Å². The second kappa shape index (κ2) is 8.45. The molecule has 5 heteroatoms. The molecule has 0 aliphatic carbocycles. The smallest absolute Gasteiger partial charge is 0.145 e. The van der Waals surface area contributed by atoms with Crippen molar-refractivity contribution in [1.29, 1.82) is 0 Å². The number of methoxy groups -OCH3 is 1. The van der Waals surface area contributed by atoms with Gasteiger partial charge in [0.2, 0.25) is 0 Å². The van der Waals surface area contributed by atoms with Crippen LogP contribution in [0.5, 0.6) is 5.75 Å². The molecular weight excluding hydrogens is 354 g/mol. The van der Waals surface area contributed by atoms with E-state index in [0.717, 1.165) is 16.9 Å². The number of hydrogen-bond donors (Lipinski definition) is 0. The van der Waals surface area contributed by atoms with Crippen molar-refractivity contribution in [2.24, 2.45) is 4.40 Å². The van der Waals surface area contributed by atoms with Gasteiger partial charge in [0.05, 0.1) is 17.6 Å². The van der Waals surface area contributed by atoms with E-state index >= 15 is 0 Å². The van der Waals surface area contributed by atoms with Crippen LogP contribution in [0.25, 0.3) is 6.08 Å². The van der Waals surface area contributed by atoms with Crippen LogP contribution in [0.2, 0.25) is 5.02 Å². The third-order valence-corrected chi connectivity index (χ3v) is 5.06. The predicted octanol–water partition coefficient (Wildman–Crippen LogP) is 5.31. The van der Waals surface area contributed by atoms with Crippen molar-refractivity contribution in [3.63, 3.8) is 0 Å². The summed E-state index contributed by atoms with van der Waals surface area (Å²) in [5.41, 5.74) is 2.52. The zero-order chi connectivity index (χ0) is 18.4. The highest BCUT2D eigenvalue weighted by Gasteiger charge is 2.19. The molecule has 0 radical (unpaired) electrons. The van der Waals surface area contributed by atoms with E-state index in [1.165, 1.54) is 0 Å². The molecule has 3 nitrogen and oxygen atoms in total. The zero-order valence-electron chi connectivity index (χ0n) is 14.8. The van der Waals surface area contributed by atoms with Crippen LogP contribution in [0.15, 0.2) is 59.0 Å². The van der Waals surface area contributed by atoms with Gasteiger partial charge in [-0.1, -0.05) is 41.9 Å². The lowest BCUT2D eigenvalue weighted by Crippen LogP contribution is -2.20. The van der Waals surface area contributed by atoms with Crippen molar-refractivity contribution in [3.05, 3.63) is 70.8 Å². The fraction of sp³-hybridized carbons (Fsp3) is 0.250. The van der Waals surface area contributed by atoms with Crippen LogP contribution in [-0.4, -0.2) is 21.8 Å². The third kappa shape index (κ3) is 5.83. The molecule has 1 atom stereocenters. The standard InChI is InChI=1S/C20H22ClNO2S/c1-20(2,3)25(23)22-19(16-8-10-17(21)11-9-16)14-7-15-5-12-18(24-4)13-6-15/h5-14H,1-4H3/b14-7+,22-19-/t25-/m0/s1. The summed E-state index contributed by atoms with van der Waals surface area (Å²) >= 11 is 5.97. The van der Waals surface area contributed by atoms with Gasteiger partial charge in [-0.2, -0.15) is 4.40 Å². The van der Waals surface area contributed by atoms with Crippen LogP contribution in [0, 0.1) is 0 Å². The van der Waals surface area contributed by atoms with Gasteiger partial charge < -0.3 is 4.74 Å². The fourth-order valence-corrected chi connectivity index (χ4v) is 2.66.